The first-order chi connectivity index (χ1) is 13.1. The van der Waals surface area contributed by atoms with Gasteiger partial charge in [-0.3, -0.25) is 14.6 Å². The lowest BCUT2D eigenvalue weighted by molar-refractivity contribution is -0.122. The molecule has 2 heterocycles. The number of hydrogen-bond acceptors (Lipinski definition) is 7. The molecule has 0 spiro atoms. The Labute approximate surface area is 169 Å². The highest BCUT2D eigenvalue weighted by Gasteiger charge is 2.32. The van der Waals surface area contributed by atoms with Gasteiger partial charge >= 0.3 is 0 Å². The summed E-state index contributed by atoms with van der Waals surface area (Å²) in [7, 11) is 1.60. The van der Waals surface area contributed by atoms with Crippen molar-refractivity contribution in [2.75, 3.05) is 53.1 Å². The summed E-state index contributed by atoms with van der Waals surface area (Å²) in [6, 6.07) is 5.63. The third-order valence-corrected chi connectivity index (χ3v) is 5.78. The fraction of sp³-hybridized carbons (Fsp3) is 0.474. The van der Waals surface area contributed by atoms with Crippen molar-refractivity contribution < 1.29 is 19.0 Å². The van der Waals surface area contributed by atoms with Gasteiger partial charge in [-0.05, 0) is 30.7 Å². The zero-order chi connectivity index (χ0) is 19.2. The third kappa shape index (κ3) is 5.01. The highest BCUT2D eigenvalue weighted by Crippen LogP contribution is 2.34. The van der Waals surface area contributed by atoms with Crippen LogP contribution in [0.15, 0.2) is 23.1 Å². The van der Waals surface area contributed by atoms with Gasteiger partial charge in [-0.2, -0.15) is 0 Å². The second kappa shape index (κ2) is 9.54. The van der Waals surface area contributed by atoms with Crippen LogP contribution >= 0.6 is 24.0 Å². The number of thioether (sulfide) groups is 1. The topological polar surface area (TPSA) is 51.2 Å². The van der Waals surface area contributed by atoms with Gasteiger partial charge in [0.2, 0.25) is 0 Å². The molecule has 0 saturated carbocycles. The highest BCUT2D eigenvalue weighted by atomic mass is 32.2. The molecular formula is C19H24N2O4S2. The van der Waals surface area contributed by atoms with E-state index in [-0.39, 0.29) is 5.91 Å². The molecule has 1 aromatic carbocycles. The van der Waals surface area contributed by atoms with Gasteiger partial charge in [0.05, 0.1) is 31.8 Å². The molecule has 0 atom stereocenters. The number of methoxy groups -OCH3 is 1. The maximum absolute atomic E-state index is 12.8. The summed E-state index contributed by atoms with van der Waals surface area (Å²) in [5.74, 6) is 1.30. The van der Waals surface area contributed by atoms with Crippen molar-refractivity contribution in [3.05, 3.63) is 28.7 Å². The Morgan fingerprint density at radius 1 is 1.26 bits per heavy atom. The smallest absolute Gasteiger partial charge is 0.266 e. The number of carbonyl (C=O) groups is 1. The number of ether oxygens (including phenoxy) is 3. The number of amides is 1. The summed E-state index contributed by atoms with van der Waals surface area (Å²) in [5.41, 5.74) is 0.879. The van der Waals surface area contributed by atoms with Gasteiger partial charge in [0.25, 0.3) is 5.91 Å². The van der Waals surface area contributed by atoms with Crippen LogP contribution in [0.4, 0.5) is 0 Å². The average Bonchev–Trinajstić information content (AvgIpc) is 2.95. The molecule has 2 fully saturated rings. The predicted octanol–water partition coefficient (Wildman–Crippen LogP) is 2.63. The maximum Gasteiger partial charge on any atom is 0.266 e. The van der Waals surface area contributed by atoms with Crippen LogP contribution in [0.1, 0.15) is 12.5 Å². The molecule has 0 aromatic heterocycles. The summed E-state index contributed by atoms with van der Waals surface area (Å²) >= 11 is 6.77. The lowest BCUT2D eigenvalue weighted by Crippen LogP contribution is -2.42. The molecule has 0 unspecified atom stereocenters. The zero-order valence-corrected chi connectivity index (χ0v) is 17.2. The standard InChI is InChI=1S/C19H24N2O4S2/c1-3-25-15-5-4-14(12-16(15)23-2)13-17-18(22)21(19(26)27-17)7-6-20-8-10-24-11-9-20/h4-5,12-13H,3,6-11H2,1-2H3/b17-13-. The number of rotatable bonds is 7. The van der Waals surface area contributed by atoms with Crippen molar-refractivity contribution in [1.82, 2.24) is 9.80 Å². The molecule has 2 aliphatic rings. The quantitative estimate of drug-likeness (QED) is 0.508. The van der Waals surface area contributed by atoms with Gasteiger partial charge in [0.1, 0.15) is 4.32 Å². The van der Waals surface area contributed by atoms with Crippen LogP contribution in [0, 0.1) is 0 Å². The van der Waals surface area contributed by atoms with E-state index in [2.05, 4.69) is 4.90 Å². The Hall–Kier alpha value is -1.61. The van der Waals surface area contributed by atoms with Crippen molar-refractivity contribution in [1.29, 1.82) is 0 Å². The van der Waals surface area contributed by atoms with Crippen LogP contribution in [0.3, 0.4) is 0 Å². The van der Waals surface area contributed by atoms with Crippen LogP contribution < -0.4 is 9.47 Å². The van der Waals surface area contributed by atoms with Crippen LogP contribution in [0.5, 0.6) is 11.5 Å². The van der Waals surface area contributed by atoms with Gasteiger partial charge in [-0.15, -0.1) is 0 Å². The molecule has 0 radical (unpaired) electrons. The molecule has 2 saturated heterocycles. The molecule has 146 valence electrons. The lowest BCUT2D eigenvalue weighted by Gasteiger charge is -2.28. The number of carbonyl (C=O) groups excluding carboxylic acids is 1. The zero-order valence-electron chi connectivity index (χ0n) is 15.6. The monoisotopic (exact) mass is 408 g/mol. The van der Waals surface area contributed by atoms with E-state index in [9.17, 15) is 4.79 Å². The molecule has 6 nitrogen and oxygen atoms in total. The van der Waals surface area contributed by atoms with E-state index in [1.54, 1.807) is 12.0 Å². The fourth-order valence-electron chi connectivity index (χ4n) is 2.96. The summed E-state index contributed by atoms with van der Waals surface area (Å²) in [4.78, 5) is 17.4. The Morgan fingerprint density at radius 2 is 2.04 bits per heavy atom. The average molecular weight is 409 g/mol. The molecule has 0 bridgehead atoms. The summed E-state index contributed by atoms with van der Waals surface area (Å²) < 4.78 is 16.9. The van der Waals surface area contributed by atoms with E-state index in [0.29, 0.717) is 33.9 Å². The first-order valence-corrected chi connectivity index (χ1v) is 10.2. The van der Waals surface area contributed by atoms with Crippen molar-refractivity contribution in [2.24, 2.45) is 0 Å². The summed E-state index contributed by atoms with van der Waals surface area (Å²) in [5, 5.41) is 0. The van der Waals surface area contributed by atoms with Crippen molar-refractivity contribution >= 4 is 40.3 Å². The molecule has 8 heteroatoms. The van der Waals surface area contributed by atoms with Gasteiger partial charge in [-0.25, -0.2) is 0 Å². The Balaban J connectivity index is 1.68. The van der Waals surface area contributed by atoms with Gasteiger partial charge in [-0.1, -0.05) is 30.0 Å². The van der Waals surface area contributed by atoms with Crippen molar-refractivity contribution in [2.45, 2.75) is 6.92 Å². The third-order valence-electron chi connectivity index (χ3n) is 4.40. The van der Waals surface area contributed by atoms with Crippen molar-refractivity contribution in [3.8, 4) is 11.5 Å². The molecule has 27 heavy (non-hydrogen) atoms. The van der Waals surface area contributed by atoms with Gasteiger partial charge in [0.15, 0.2) is 11.5 Å². The van der Waals surface area contributed by atoms with Crippen LogP contribution in [-0.2, 0) is 9.53 Å². The van der Waals surface area contributed by atoms with Crippen LogP contribution in [0.25, 0.3) is 6.08 Å². The molecule has 3 rings (SSSR count). The van der Waals surface area contributed by atoms with Crippen LogP contribution in [0.2, 0.25) is 0 Å². The van der Waals surface area contributed by atoms with E-state index < -0.39 is 0 Å². The van der Waals surface area contributed by atoms with E-state index in [1.165, 1.54) is 11.8 Å². The Bertz CT molecular complexity index is 732. The number of nitrogens with zero attached hydrogens (tertiary/aromatic N) is 2. The van der Waals surface area contributed by atoms with Crippen molar-refractivity contribution in [3.63, 3.8) is 0 Å². The first-order valence-electron chi connectivity index (χ1n) is 8.98. The number of thiocarbonyl (C=S) groups is 1. The van der Waals surface area contributed by atoms with Gasteiger partial charge < -0.3 is 14.2 Å². The maximum atomic E-state index is 12.8. The Morgan fingerprint density at radius 3 is 2.74 bits per heavy atom. The lowest BCUT2D eigenvalue weighted by atomic mass is 10.2. The second-order valence-electron chi connectivity index (χ2n) is 6.13. The normalized spacial score (nSPS) is 19.8. The minimum atomic E-state index is -0.0360. The minimum absolute atomic E-state index is 0.0360. The van der Waals surface area contributed by atoms with E-state index in [4.69, 9.17) is 26.4 Å². The number of hydrogen-bond donors (Lipinski definition) is 0. The molecule has 0 aliphatic carbocycles. The largest absolute Gasteiger partial charge is 0.493 e. The second-order valence-corrected chi connectivity index (χ2v) is 7.81. The van der Waals surface area contributed by atoms with Crippen LogP contribution in [-0.4, -0.2) is 73.1 Å². The predicted molar refractivity (Wildman–Crippen MR) is 111 cm³/mol. The molecule has 1 aromatic rings. The number of benzene rings is 1. The van der Waals surface area contributed by atoms with E-state index in [1.807, 2.05) is 31.2 Å². The minimum Gasteiger partial charge on any atom is -0.493 e. The molecule has 0 N–H and O–H groups in total. The number of morpholine rings is 1. The fourth-order valence-corrected chi connectivity index (χ4v) is 4.27. The van der Waals surface area contributed by atoms with Gasteiger partial charge in [0, 0.05) is 26.2 Å². The summed E-state index contributed by atoms with van der Waals surface area (Å²) in [6.45, 7) is 7.20. The van der Waals surface area contributed by atoms with E-state index in [0.717, 1.165) is 38.4 Å². The highest BCUT2D eigenvalue weighted by molar-refractivity contribution is 8.26. The SMILES string of the molecule is CCOc1ccc(/C=C2\SC(=S)N(CCN3CCOCC3)C2=O)cc1OC. The Kier molecular flexibility index (Phi) is 7.12. The molecule has 1 amide bonds. The van der Waals surface area contributed by atoms with E-state index >= 15 is 0 Å². The summed E-state index contributed by atoms with van der Waals surface area (Å²) in [6.07, 6.45) is 1.85. The molecular weight excluding hydrogens is 384 g/mol. The molecule has 2 aliphatic heterocycles. The first kappa shape index (κ1) is 20.1.